The maximum absolute atomic E-state index is 13.0. The number of nitrogens with one attached hydrogen (secondary N) is 2. The van der Waals surface area contributed by atoms with Crippen LogP contribution in [0.25, 0.3) is 10.9 Å². The highest BCUT2D eigenvalue weighted by Crippen LogP contribution is 2.15. The van der Waals surface area contributed by atoms with Crippen LogP contribution in [-0.2, 0) is 13.0 Å². The highest BCUT2D eigenvalue weighted by molar-refractivity contribution is 7.71. The average molecular weight is 416 g/mol. The lowest BCUT2D eigenvalue weighted by Gasteiger charge is -2.10. The van der Waals surface area contributed by atoms with Gasteiger partial charge in [-0.25, -0.2) is 0 Å². The second kappa shape index (κ2) is 8.47. The predicted molar refractivity (Wildman–Crippen MR) is 123 cm³/mol. The number of carbonyl (C=O) groups excluding carboxylic acids is 1. The van der Waals surface area contributed by atoms with Crippen LogP contribution < -0.4 is 10.9 Å². The van der Waals surface area contributed by atoms with Crippen LogP contribution >= 0.6 is 12.2 Å². The first-order chi connectivity index (χ1) is 14.5. The lowest BCUT2D eigenvalue weighted by molar-refractivity contribution is 0.102. The molecule has 0 unspecified atom stereocenters. The summed E-state index contributed by atoms with van der Waals surface area (Å²) in [5, 5.41) is 3.38. The molecule has 4 rings (SSSR count). The van der Waals surface area contributed by atoms with E-state index >= 15 is 0 Å². The standard InChI is InChI=1S/C24H21N3O2S/c1-16-6-5-9-19(14-16)25-22(28)18-10-11-20-21(15-18)26-24(30)27(23(20)29)13-12-17-7-3-2-4-8-17/h2-11,14-15H,12-13H2,1H3,(H,25,28)(H,26,30). The lowest BCUT2D eigenvalue weighted by Crippen LogP contribution is -2.23. The molecular formula is C24H21N3O2S. The largest absolute Gasteiger partial charge is 0.332 e. The summed E-state index contributed by atoms with van der Waals surface area (Å²) in [6.07, 6.45) is 0.709. The van der Waals surface area contributed by atoms with Gasteiger partial charge in [0.1, 0.15) is 0 Å². The number of benzene rings is 3. The van der Waals surface area contributed by atoms with Gasteiger partial charge < -0.3 is 10.3 Å². The molecule has 150 valence electrons. The molecule has 0 aliphatic rings. The van der Waals surface area contributed by atoms with Crippen molar-refractivity contribution in [2.24, 2.45) is 0 Å². The number of fused-ring (bicyclic) bond motifs is 1. The van der Waals surface area contributed by atoms with E-state index in [1.165, 1.54) is 0 Å². The van der Waals surface area contributed by atoms with Crippen LogP contribution in [-0.4, -0.2) is 15.5 Å². The zero-order chi connectivity index (χ0) is 21.1. The Hall–Kier alpha value is -3.51. The van der Waals surface area contributed by atoms with Gasteiger partial charge in [-0.05, 0) is 67.0 Å². The Morgan fingerprint density at radius 2 is 1.83 bits per heavy atom. The van der Waals surface area contributed by atoms with Gasteiger partial charge in [0, 0.05) is 17.8 Å². The van der Waals surface area contributed by atoms with Crippen molar-refractivity contribution in [1.82, 2.24) is 9.55 Å². The molecular weight excluding hydrogens is 394 g/mol. The number of anilines is 1. The molecule has 3 aromatic carbocycles. The average Bonchev–Trinajstić information content (AvgIpc) is 2.74. The second-order valence-corrected chi connectivity index (χ2v) is 7.59. The highest BCUT2D eigenvalue weighted by Gasteiger charge is 2.11. The smallest absolute Gasteiger partial charge is 0.262 e. The third kappa shape index (κ3) is 4.23. The van der Waals surface area contributed by atoms with Gasteiger partial charge in [-0.2, -0.15) is 0 Å². The number of rotatable bonds is 5. The van der Waals surface area contributed by atoms with Crippen LogP contribution in [0.3, 0.4) is 0 Å². The molecule has 0 spiro atoms. The lowest BCUT2D eigenvalue weighted by atomic mass is 10.1. The summed E-state index contributed by atoms with van der Waals surface area (Å²) in [5.74, 6) is -0.241. The summed E-state index contributed by atoms with van der Waals surface area (Å²) in [7, 11) is 0. The van der Waals surface area contributed by atoms with Crippen molar-refractivity contribution < 1.29 is 4.79 Å². The molecule has 0 aliphatic carbocycles. The topological polar surface area (TPSA) is 66.9 Å². The molecule has 6 heteroatoms. The first kappa shape index (κ1) is 19.8. The molecule has 0 saturated carbocycles. The van der Waals surface area contributed by atoms with Crippen LogP contribution in [0.15, 0.2) is 77.6 Å². The van der Waals surface area contributed by atoms with Crippen molar-refractivity contribution >= 4 is 34.7 Å². The molecule has 0 aliphatic heterocycles. The summed E-state index contributed by atoms with van der Waals surface area (Å²) in [6, 6.07) is 22.6. The molecule has 5 nitrogen and oxygen atoms in total. The number of aromatic amines is 1. The normalized spacial score (nSPS) is 10.8. The molecule has 0 saturated heterocycles. The van der Waals surface area contributed by atoms with Crippen molar-refractivity contribution in [3.05, 3.63) is 105 Å². The monoisotopic (exact) mass is 415 g/mol. The Kier molecular flexibility index (Phi) is 5.59. The van der Waals surface area contributed by atoms with E-state index in [0.29, 0.717) is 34.2 Å². The minimum atomic E-state index is -0.241. The van der Waals surface area contributed by atoms with Gasteiger partial charge in [0.15, 0.2) is 4.77 Å². The van der Waals surface area contributed by atoms with Gasteiger partial charge in [-0.3, -0.25) is 14.2 Å². The maximum Gasteiger partial charge on any atom is 0.262 e. The van der Waals surface area contributed by atoms with E-state index in [1.807, 2.05) is 61.5 Å². The van der Waals surface area contributed by atoms with Crippen LogP contribution in [0.2, 0.25) is 0 Å². The first-order valence-electron chi connectivity index (χ1n) is 9.70. The fourth-order valence-corrected chi connectivity index (χ4v) is 3.69. The van der Waals surface area contributed by atoms with E-state index in [0.717, 1.165) is 16.8 Å². The second-order valence-electron chi connectivity index (χ2n) is 7.21. The van der Waals surface area contributed by atoms with E-state index in [4.69, 9.17) is 12.2 Å². The molecule has 0 bridgehead atoms. The molecule has 0 fully saturated rings. The van der Waals surface area contributed by atoms with Gasteiger partial charge in [-0.15, -0.1) is 0 Å². The molecule has 30 heavy (non-hydrogen) atoms. The third-order valence-corrected chi connectivity index (χ3v) is 5.31. The summed E-state index contributed by atoms with van der Waals surface area (Å²) < 4.78 is 1.91. The zero-order valence-electron chi connectivity index (χ0n) is 16.5. The summed E-state index contributed by atoms with van der Waals surface area (Å²) in [6.45, 7) is 2.46. The number of H-pyrrole nitrogens is 1. The fourth-order valence-electron chi connectivity index (χ4n) is 3.41. The molecule has 1 heterocycles. The number of hydrogen-bond acceptors (Lipinski definition) is 3. The van der Waals surface area contributed by atoms with Crippen molar-refractivity contribution in [3.63, 3.8) is 0 Å². The van der Waals surface area contributed by atoms with Gasteiger partial charge in [0.05, 0.1) is 10.9 Å². The van der Waals surface area contributed by atoms with Gasteiger partial charge in [0.25, 0.3) is 11.5 Å². The SMILES string of the molecule is Cc1cccc(NC(=O)c2ccc3c(=O)n(CCc4ccccc4)c(=S)[nH]c3c2)c1. The molecule has 4 aromatic rings. The van der Waals surface area contributed by atoms with Crippen LogP contribution in [0.5, 0.6) is 0 Å². The van der Waals surface area contributed by atoms with Gasteiger partial charge >= 0.3 is 0 Å². The molecule has 2 N–H and O–H groups in total. The van der Waals surface area contributed by atoms with E-state index in [-0.39, 0.29) is 11.5 Å². The number of amides is 1. The van der Waals surface area contributed by atoms with E-state index < -0.39 is 0 Å². The third-order valence-electron chi connectivity index (χ3n) is 4.99. The molecule has 0 atom stereocenters. The van der Waals surface area contributed by atoms with Crippen LogP contribution in [0.4, 0.5) is 5.69 Å². The molecule has 0 radical (unpaired) electrons. The number of nitrogens with zero attached hydrogens (tertiary/aromatic N) is 1. The summed E-state index contributed by atoms with van der Waals surface area (Å²) in [5.41, 5.74) is 3.78. The number of carbonyl (C=O) groups is 1. The fraction of sp³-hybridized carbons (Fsp3) is 0.125. The van der Waals surface area contributed by atoms with Crippen molar-refractivity contribution in [2.75, 3.05) is 5.32 Å². The molecule has 1 aromatic heterocycles. The van der Waals surface area contributed by atoms with Gasteiger partial charge in [0.2, 0.25) is 0 Å². The Balaban J connectivity index is 1.61. The van der Waals surface area contributed by atoms with Crippen molar-refractivity contribution in [2.45, 2.75) is 19.9 Å². The van der Waals surface area contributed by atoms with E-state index in [9.17, 15) is 9.59 Å². The Morgan fingerprint density at radius 1 is 1.03 bits per heavy atom. The number of aromatic nitrogens is 2. The van der Waals surface area contributed by atoms with Crippen molar-refractivity contribution in [1.29, 1.82) is 0 Å². The maximum atomic E-state index is 13.0. The zero-order valence-corrected chi connectivity index (χ0v) is 17.3. The van der Waals surface area contributed by atoms with Crippen LogP contribution in [0, 0.1) is 11.7 Å². The predicted octanol–water partition coefficient (Wildman–Crippen LogP) is 4.86. The number of hydrogen-bond donors (Lipinski definition) is 2. The van der Waals surface area contributed by atoms with Crippen LogP contribution in [0.1, 0.15) is 21.5 Å². The minimum absolute atomic E-state index is 0.157. The Morgan fingerprint density at radius 3 is 2.60 bits per heavy atom. The van der Waals surface area contributed by atoms with E-state index in [2.05, 4.69) is 10.3 Å². The quantitative estimate of drug-likeness (QED) is 0.457. The molecule has 1 amide bonds. The number of aryl methyl sites for hydroxylation is 2. The first-order valence-corrected chi connectivity index (χ1v) is 10.1. The minimum Gasteiger partial charge on any atom is -0.332 e. The van der Waals surface area contributed by atoms with E-state index in [1.54, 1.807) is 22.8 Å². The van der Waals surface area contributed by atoms with Crippen molar-refractivity contribution in [3.8, 4) is 0 Å². The Bertz CT molecular complexity index is 1340. The van der Waals surface area contributed by atoms with Gasteiger partial charge in [-0.1, -0.05) is 42.5 Å². The Labute approximate surface area is 179 Å². The summed E-state index contributed by atoms with van der Waals surface area (Å²) >= 11 is 5.42. The highest BCUT2D eigenvalue weighted by atomic mass is 32.1. The summed E-state index contributed by atoms with van der Waals surface area (Å²) in [4.78, 5) is 28.7.